The van der Waals surface area contributed by atoms with Crippen LogP contribution in [-0.2, 0) is 21.4 Å². The number of nitrogens with one attached hydrogen (secondary N) is 1. The molecule has 1 fully saturated rings. The largest absolute Gasteiger partial charge is 0.489 e. The van der Waals surface area contributed by atoms with Gasteiger partial charge in [-0.05, 0) is 55.8 Å². The molecule has 0 spiro atoms. The minimum Gasteiger partial charge on any atom is -0.489 e. The summed E-state index contributed by atoms with van der Waals surface area (Å²) in [5, 5.41) is 2.82. The molecule has 9 nitrogen and oxygen atoms in total. The number of aromatic nitrogens is 1. The summed E-state index contributed by atoms with van der Waals surface area (Å²) in [6.45, 7) is 7.47. The van der Waals surface area contributed by atoms with Crippen molar-refractivity contribution < 1.29 is 22.7 Å². The molecule has 0 unspecified atom stereocenters. The van der Waals surface area contributed by atoms with E-state index in [1.165, 1.54) is 0 Å². The molecule has 2 aliphatic heterocycles. The summed E-state index contributed by atoms with van der Waals surface area (Å²) in [6, 6.07) is 11.4. The lowest BCUT2D eigenvalue weighted by Crippen LogP contribution is -2.42. The first-order valence-electron chi connectivity index (χ1n) is 13.5. The molecule has 4 rings (SSSR count). The maximum absolute atomic E-state index is 12.9. The molecule has 0 saturated carbocycles. The Kier molecular flexibility index (Phi) is 9.62. The van der Waals surface area contributed by atoms with Crippen LogP contribution < -0.4 is 14.8 Å². The zero-order valence-corrected chi connectivity index (χ0v) is 23.3. The molecule has 2 aromatic rings. The minimum absolute atomic E-state index is 0.0665. The molecule has 0 atom stereocenters. The van der Waals surface area contributed by atoms with Gasteiger partial charge in [-0.2, -0.15) is 0 Å². The Labute approximate surface area is 226 Å². The smallest absolute Gasteiger partial charge is 0.234 e. The van der Waals surface area contributed by atoms with Crippen LogP contribution in [0.1, 0.15) is 51.5 Å². The Morgan fingerprint density at radius 2 is 1.79 bits per heavy atom. The quantitative estimate of drug-likeness (QED) is 0.590. The third-order valence-corrected chi connectivity index (χ3v) is 8.88. The molecule has 38 heavy (non-hydrogen) atoms. The normalized spacial score (nSPS) is 19.3. The zero-order valence-electron chi connectivity index (χ0n) is 22.5. The van der Waals surface area contributed by atoms with E-state index in [4.69, 9.17) is 9.47 Å². The lowest BCUT2D eigenvalue weighted by molar-refractivity contribution is -0.122. The van der Waals surface area contributed by atoms with Crippen LogP contribution >= 0.6 is 0 Å². The fourth-order valence-corrected chi connectivity index (χ4v) is 6.26. The first kappa shape index (κ1) is 28.3. The van der Waals surface area contributed by atoms with Gasteiger partial charge in [0.05, 0.1) is 18.9 Å². The zero-order chi connectivity index (χ0) is 27.0. The van der Waals surface area contributed by atoms with Crippen molar-refractivity contribution in [3.63, 3.8) is 0 Å². The molecule has 2 aliphatic rings. The van der Waals surface area contributed by atoms with Gasteiger partial charge < -0.3 is 14.8 Å². The van der Waals surface area contributed by atoms with E-state index in [1.54, 1.807) is 10.5 Å². The lowest BCUT2D eigenvalue weighted by Gasteiger charge is -2.27. The van der Waals surface area contributed by atoms with Gasteiger partial charge in [0, 0.05) is 37.9 Å². The molecular weight excluding hydrogens is 504 g/mol. The van der Waals surface area contributed by atoms with E-state index in [0.717, 1.165) is 37.7 Å². The molecule has 1 aromatic carbocycles. The Morgan fingerprint density at radius 1 is 1.03 bits per heavy atom. The second-order valence-electron chi connectivity index (χ2n) is 10.9. The number of carbonyl (C=O) groups is 1. The summed E-state index contributed by atoms with van der Waals surface area (Å²) in [7, 11) is -3.35. The second-order valence-corrected chi connectivity index (χ2v) is 13.0. The van der Waals surface area contributed by atoms with Crippen LogP contribution in [0.4, 0.5) is 0 Å². The number of amides is 1. The van der Waals surface area contributed by atoms with Gasteiger partial charge in [0.1, 0.15) is 0 Å². The standard InChI is InChI=1S/C28H40N4O5S/c1-28(2)13-9-16-31(21-26(33)29-15-19-38(34,35)32-17-6-3-7-18-32)20-23-10-8-14-30-27(23)37-25-12-5-4-11-24(25)36-22-28/h4-5,8,10-12,14H,3,6-7,9,13,15-22H2,1-2H3,(H,29,33). The van der Waals surface area contributed by atoms with Gasteiger partial charge in [-0.3, -0.25) is 9.69 Å². The van der Waals surface area contributed by atoms with E-state index >= 15 is 0 Å². The number of para-hydroxylation sites is 2. The highest BCUT2D eigenvalue weighted by atomic mass is 32.2. The third kappa shape index (κ3) is 8.15. The highest BCUT2D eigenvalue weighted by molar-refractivity contribution is 7.89. The summed E-state index contributed by atoms with van der Waals surface area (Å²) in [4.78, 5) is 19.4. The number of rotatable bonds is 6. The van der Waals surface area contributed by atoms with E-state index in [-0.39, 0.29) is 30.2 Å². The Morgan fingerprint density at radius 3 is 2.58 bits per heavy atom. The summed E-state index contributed by atoms with van der Waals surface area (Å²) >= 11 is 0. The molecule has 0 bridgehead atoms. The fourth-order valence-electron chi connectivity index (χ4n) is 4.83. The average molecular weight is 545 g/mol. The Bertz CT molecular complexity index is 1180. The van der Waals surface area contributed by atoms with Gasteiger partial charge in [0.25, 0.3) is 0 Å². The molecule has 1 aromatic heterocycles. The Balaban J connectivity index is 1.43. The van der Waals surface area contributed by atoms with Gasteiger partial charge in [-0.15, -0.1) is 0 Å². The first-order valence-corrected chi connectivity index (χ1v) is 15.1. The SMILES string of the molecule is CC1(C)CCCN(CC(=O)NCCS(=O)(=O)N2CCCCC2)Cc2cccnc2Oc2ccccc2OC1. The minimum atomic E-state index is -3.35. The predicted octanol–water partition coefficient (Wildman–Crippen LogP) is 3.81. The van der Waals surface area contributed by atoms with Crippen molar-refractivity contribution in [2.24, 2.45) is 5.41 Å². The van der Waals surface area contributed by atoms with Crippen LogP contribution in [0.2, 0.25) is 0 Å². The van der Waals surface area contributed by atoms with Crippen molar-refractivity contribution >= 4 is 15.9 Å². The van der Waals surface area contributed by atoms with E-state index in [1.807, 2.05) is 36.4 Å². The maximum Gasteiger partial charge on any atom is 0.234 e. The monoisotopic (exact) mass is 544 g/mol. The number of carbonyl (C=O) groups excluding carboxylic acids is 1. The van der Waals surface area contributed by atoms with Crippen molar-refractivity contribution in [1.29, 1.82) is 0 Å². The first-order chi connectivity index (χ1) is 18.2. The lowest BCUT2D eigenvalue weighted by atomic mass is 9.88. The number of benzene rings is 1. The molecule has 1 amide bonds. The summed E-state index contributed by atoms with van der Waals surface area (Å²) in [6.07, 6.45) is 6.35. The third-order valence-electron chi connectivity index (χ3n) is 7.00. The summed E-state index contributed by atoms with van der Waals surface area (Å²) in [5.74, 6) is 1.48. The van der Waals surface area contributed by atoms with E-state index in [0.29, 0.717) is 50.2 Å². The molecular formula is C28H40N4O5S. The topological polar surface area (TPSA) is 101 Å². The van der Waals surface area contributed by atoms with Crippen molar-refractivity contribution in [2.75, 3.05) is 45.1 Å². The van der Waals surface area contributed by atoms with E-state index in [9.17, 15) is 13.2 Å². The number of fused-ring (bicyclic) bond motifs is 2. The second kappa shape index (κ2) is 12.9. The summed E-state index contributed by atoms with van der Waals surface area (Å²) < 4.78 is 39.1. The Hall–Kier alpha value is -2.69. The molecule has 1 N–H and O–H groups in total. The number of nitrogens with zero attached hydrogens (tertiary/aromatic N) is 3. The molecule has 3 heterocycles. The van der Waals surface area contributed by atoms with Crippen LogP contribution in [0.5, 0.6) is 17.4 Å². The molecule has 1 saturated heterocycles. The van der Waals surface area contributed by atoms with Crippen molar-refractivity contribution in [1.82, 2.24) is 19.5 Å². The summed E-state index contributed by atoms with van der Waals surface area (Å²) in [5.41, 5.74) is 0.796. The van der Waals surface area contributed by atoms with E-state index < -0.39 is 10.0 Å². The van der Waals surface area contributed by atoms with Crippen LogP contribution in [0.25, 0.3) is 0 Å². The van der Waals surface area contributed by atoms with Gasteiger partial charge in [0.15, 0.2) is 11.5 Å². The maximum atomic E-state index is 12.9. The average Bonchev–Trinajstić information content (AvgIpc) is 2.90. The highest BCUT2D eigenvalue weighted by Crippen LogP contribution is 2.34. The number of ether oxygens (including phenoxy) is 2. The van der Waals surface area contributed by atoms with Gasteiger partial charge in [0.2, 0.25) is 21.8 Å². The number of piperidine rings is 1. The van der Waals surface area contributed by atoms with Crippen molar-refractivity contribution in [3.05, 3.63) is 48.2 Å². The number of sulfonamides is 1. The van der Waals surface area contributed by atoms with Gasteiger partial charge in [-0.1, -0.05) is 38.5 Å². The number of hydrogen-bond donors (Lipinski definition) is 1. The molecule has 10 heteroatoms. The molecule has 0 radical (unpaired) electrons. The van der Waals surface area contributed by atoms with Gasteiger partial charge >= 0.3 is 0 Å². The van der Waals surface area contributed by atoms with Crippen LogP contribution in [0.15, 0.2) is 42.6 Å². The fraction of sp³-hybridized carbons (Fsp3) is 0.571. The molecule has 208 valence electrons. The van der Waals surface area contributed by atoms with Crippen LogP contribution in [-0.4, -0.2) is 73.6 Å². The van der Waals surface area contributed by atoms with Crippen LogP contribution in [0, 0.1) is 5.41 Å². The predicted molar refractivity (Wildman–Crippen MR) is 147 cm³/mol. The van der Waals surface area contributed by atoms with E-state index in [2.05, 4.69) is 29.0 Å². The highest BCUT2D eigenvalue weighted by Gasteiger charge is 2.25. The van der Waals surface area contributed by atoms with Crippen molar-refractivity contribution in [2.45, 2.75) is 52.5 Å². The van der Waals surface area contributed by atoms with Gasteiger partial charge in [-0.25, -0.2) is 17.7 Å². The van der Waals surface area contributed by atoms with Crippen molar-refractivity contribution in [3.8, 4) is 17.4 Å². The number of pyridine rings is 1. The molecule has 0 aliphatic carbocycles. The van der Waals surface area contributed by atoms with Crippen LogP contribution in [0.3, 0.4) is 0 Å². The number of hydrogen-bond acceptors (Lipinski definition) is 7.